The molecule has 0 saturated heterocycles. The van der Waals surface area contributed by atoms with Gasteiger partial charge in [-0.1, -0.05) is 75.6 Å². The Morgan fingerprint density at radius 3 is 2.34 bits per heavy atom. The van der Waals surface area contributed by atoms with Gasteiger partial charge >= 0.3 is 0 Å². The number of benzene rings is 2. The number of imide groups is 1. The lowest BCUT2D eigenvalue weighted by atomic mass is 9.84. The Hall–Kier alpha value is -4.71. The van der Waals surface area contributed by atoms with Crippen molar-refractivity contribution in [2.45, 2.75) is 84.0 Å². The number of amides is 4. The number of imidazole rings is 1. The molecular weight excluding hydrogens is 642 g/mol. The van der Waals surface area contributed by atoms with E-state index < -0.39 is 65.7 Å². The first-order valence-electron chi connectivity index (χ1n) is 17.1. The van der Waals surface area contributed by atoms with Crippen LogP contribution in [0.1, 0.15) is 75.9 Å². The molecule has 1 aromatic heterocycles. The topological polar surface area (TPSA) is 131 Å². The fraction of sp³-hybridized carbons (Fsp3) is 0.447. The molecule has 12 heteroatoms. The Labute approximate surface area is 291 Å². The standard InChI is InChI=1S/C38H46F2N6O4/c1-25-12-13-29(40)28(20-25)30-24-44(23-26-10-6-5-7-11-26)35(43-30)34(37(2,3)4)45(19-16-27(41)21-39)33(49)22-42-36(50)38(17-8-9-18-38)46-31(47)14-15-32(46)48/h5-7,10-15,20,24,27,34H,8-9,16-19,21-23,41H2,1-4H3,(H,42,50)/t27-,34-/m0/s1. The summed E-state index contributed by atoms with van der Waals surface area (Å²) in [6.45, 7) is 6.91. The minimum absolute atomic E-state index is 0.0478. The van der Waals surface area contributed by atoms with E-state index in [1.807, 2.05) is 62.6 Å². The molecule has 0 spiro atoms. The minimum Gasteiger partial charge on any atom is -0.345 e. The molecule has 0 radical (unpaired) electrons. The highest BCUT2D eigenvalue weighted by molar-refractivity contribution is 6.16. The highest BCUT2D eigenvalue weighted by Gasteiger charge is 2.52. The summed E-state index contributed by atoms with van der Waals surface area (Å²) in [7, 11) is 0. The van der Waals surface area contributed by atoms with Crippen LogP contribution in [0, 0.1) is 18.2 Å². The molecule has 1 aliphatic carbocycles. The van der Waals surface area contributed by atoms with Gasteiger partial charge in [0, 0.05) is 43.0 Å². The average molecular weight is 689 g/mol. The highest BCUT2D eigenvalue weighted by atomic mass is 19.1. The van der Waals surface area contributed by atoms with Gasteiger partial charge in [-0.15, -0.1) is 0 Å². The lowest BCUT2D eigenvalue weighted by molar-refractivity contribution is -0.152. The van der Waals surface area contributed by atoms with E-state index in [1.165, 1.54) is 6.07 Å². The molecule has 0 bridgehead atoms. The zero-order valence-corrected chi connectivity index (χ0v) is 29.1. The van der Waals surface area contributed by atoms with Gasteiger partial charge in [-0.25, -0.2) is 13.8 Å². The molecule has 4 amide bonds. The maximum absolute atomic E-state index is 15.2. The zero-order chi connectivity index (χ0) is 36.2. The number of halogens is 2. The SMILES string of the molecule is Cc1ccc(F)c(-c2cn(Cc3ccccc3)c([C@H](N(CC[C@H](N)CF)C(=O)CNC(=O)C3(N4C(=O)C=CC4=O)CCCC3)C(C)(C)C)n2)c1. The summed E-state index contributed by atoms with van der Waals surface area (Å²) in [5.41, 5.74) is 6.49. The predicted molar refractivity (Wildman–Crippen MR) is 186 cm³/mol. The van der Waals surface area contributed by atoms with Gasteiger partial charge in [-0.2, -0.15) is 0 Å². The van der Waals surface area contributed by atoms with E-state index in [2.05, 4.69) is 5.32 Å². The van der Waals surface area contributed by atoms with Crippen LogP contribution in [0.4, 0.5) is 8.78 Å². The maximum Gasteiger partial charge on any atom is 0.254 e. The second-order valence-electron chi connectivity index (χ2n) is 14.4. The van der Waals surface area contributed by atoms with E-state index >= 15 is 4.39 Å². The van der Waals surface area contributed by atoms with Crippen LogP contribution >= 0.6 is 0 Å². The monoisotopic (exact) mass is 688 g/mol. The molecule has 266 valence electrons. The molecule has 2 aromatic carbocycles. The Bertz CT molecular complexity index is 1740. The summed E-state index contributed by atoms with van der Waals surface area (Å²) in [4.78, 5) is 61.0. The van der Waals surface area contributed by atoms with E-state index in [1.54, 1.807) is 23.2 Å². The summed E-state index contributed by atoms with van der Waals surface area (Å²) in [6.07, 6.45) is 6.09. The van der Waals surface area contributed by atoms with Crippen LogP contribution in [0.5, 0.6) is 0 Å². The second-order valence-corrected chi connectivity index (χ2v) is 14.4. The fourth-order valence-electron chi connectivity index (χ4n) is 7.05. The third-order valence-corrected chi connectivity index (χ3v) is 9.53. The van der Waals surface area contributed by atoms with Gasteiger partial charge in [0.1, 0.15) is 23.9 Å². The number of aryl methyl sites for hydroxylation is 1. The molecule has 1 aliphatic heterocycles. The minimum atomic E-state index is -1.39. The Morgan fingerprint density at radius 2 is 1.72 bits per heavy atom. The molecule has 1 saturated carbocycles. The second kappa shape index (κ2) is 15.0. The van der Waals surface area contributed by atoms with Crippen LogP contribution < -0.4 is 11.1 Å². The van der Waals surface area contributed by atoms with E-state index in [0.29, 0.717) is 49.3 Å². The molecule has 10 nitrogen and oxygen atoms in total. The molecular formula is C38H46F2N6O4. The first kappa shape index (κ1) is 36.6. The zero-order valence-electron chi connectivity index (χ0n) is 29.1. The van der Waals surface area contributed by atoms with Gasteiger partial charge in [0.15, 0.2) is 0 Å². The van der Waals surface area contributed by atoms with Crippen molar-refractivity contribution >= 4 is 23.6 Å². The number of nitrogens with two attached hydrogens (primary N) is 1. The number of carbonyl (C=O) groups is 4. The average Bonchev–Trinajstić information content (AvgIpc) is 3.81. The molecule has 0 unspecified atom stereocenters. The highest BCUT2D eigenvalue weighted by Crippen LogP contribution is 2.40. The third-order valence-electron chi connectivity index (χ3n) is 9.53. The van der Waals surface area contributed by atoms with Gasteiger partial charge in [0.2, 0.25) is 11.8 Å². The van der Waals surface area contributed by atoms with Crippen molar-refractivity contribution < 1.29 is 28.0 Å². The number of hydrogen-bond acceptors (Lipinski definition) is 6. The van der Waals surface area contributed by atoms with E-state index in [4.69, 9.17) is 10.7 Å². The normalized spacial score (nSPS) is 16.9. The number of nitrogens with one attached hydrogen (secondary N) is 1. The van der Waals surface area contributed by atoms with Crippen molar-refractivity contribution in [2.75, 3.05) is 19.8 Å². The number of carbonyl (C=O) groups excluding carboxylic acids is 4. The Balaban J connectivity index is 1.53. The van der Waals surface area contributed by atoms with Gasteiger partial charge < -0.3 is 20.5 Å². The van der Waals surface area contributed by atoms with E-state index in [0.717, 1.165) is 28.2 Å². The van der Waals surface area contributed by atoms with Crippen LogP contribution in [0.15, 0.2) is 66.9 Å². The van der Waals surface area contributed by atoms with Gasteiger partial charge in [0.05, 0.1) is 18.3 Å². The molecule has 2 aliphatic rings. The maximum atomic E-state index is 15.2. The van der Waals surface area contributed by atoms with E-state index in [-0.39, 0.29) is 13.0 Å². The van der Waals surface area contributed by atoms with Gasteiger partial charge in [0.25, 0.3) is 11.8 Å². The van der Waals surface area contributed by atoms with Crippen molar-refractivity contribution in [3.05, 3.63) is 89.6 Å². The number of alkyl halides is 1. The number of rotatable bonds is 13. The van der Waals surface area contributed by atoms with Crippen LogP contribution in [0.25, 0.3) is 11.3 Å². The van der Waals surface area contributed by atoms with E-state index in [9.17, 15) is 23.6 Å². The predicted octanol–water partition coefficient (Wildman–Crippen LogP) is 5.00. The number of nitrogens with zero attached hydrogens (tertiary/aromatic N) is 4. The summed E-state index contributed by atoms with van der Waals surface area (Å²) in [5.74, 6) is -2.12. The van der Waals surface area contributed by atoms with Gasteiger partial charge in [-0.05, 0) is 49.3 Å². The fourth-order valence-corrected chi connectivity index (χ4v) is 7.05. The lowest BCUT2D eigenvalue weighted by Gasteiger charge is -2.41. The quantitative estimate of drug-likeness (QED) is 0.243. The smallest absolute Gasteiger partial charge is 0.254 e. The van der Waals surface area contributed by atoms with Crippen LogP contribution in [-0.2, 0) is 25.7 Å². The van der Waals surface area contributed by atoms with Crippen molar-refractivity contribution in [3.63, 3.8) is 0 Å². The molecule has 50 heavy (non-hydrogen) atoms. The molecule has 2 heterocycles. The summed E-state index contributed by atoms with van der Waals surface area (Å²) in [5, 5.41) is 2.74. The molecule has 5 rings (SSSR count). The molecule has 3 N–H and O–H groups in total. The molecule has 3 aromatic rings. The van der Waals surface area contributed by atoms with Gasteiger partial charge in [-0.3, -0.25) is 24.1 Å². The third kappa shape index (κ3) is 7.70. The number of aromatic nitrogens is 2. The van der Waals surface area contributed by atoms with Crippen LogP contribution in [0.2, 0.25) is 0 Å². The Kier molecular flexibility index (Phi) is 11.0. The van der Waals surface area contributed by atoms with Crippen molar-refractivity contribution in [1.29, 1.82) is 0 Å². The van der Waals surface area contributed by atoms with Crippen LogP contribution in [0.3, 0.4) is 0 Å². The summed E-state index contributed by atoms with van der Waals surface area (Å²) < 4.78 is 30.8. The van der Waals surface area contributed by atoms with Crippen molar-refractivity contribution in [1.82, 2.24) is 24.7 Å². The Morgan fingerprint density at radius 1 is 1.06 bits per heavy atom. The van der Waals surface area contributed by atoms with Crippen molar-refractivity contribution in [2.24, 2.45) is 11.1 Å². The first-order chi connectivity index (χ1) is 23.7. The van der Waals surface area contributed by atoms with Crippen LogP contribution in [-0.4, -0.2) is 74.3 Å². The number of hydrogen-bond donors (Lipinski definition) is 2. The largest absolute Gasteiger partial charge is 0.345 e. The molecule has 1 fully saturated rings. The lowest BCUT2D eigenvalue weighted by Crippen LogP contribution is -2.60. The van der Waals surface area contributed by atoms with Crippen molar-refractivity contribution in [3.8, 4) is 11.3 Å². The first-order valence-corrected chi connectivity index (χ1v) is 17.1. The summed E-state index contributed by atoms with van der Waals surface area (Å²) in [6, 6.07) is 12.9. The summed E-state index contributed by atoms with van der Waals surface area (Å²) >= 11 is 0. The molecule has 2 atom stereocenters.